The molecule has 3 aromatic heterocycles. The van der Waals surface area contributed by atoms with Gasteiger partial charge in [-0.25, -0.2) is 24.7 Å². The maximum absolute atomic E-state index is 11.7. The van der Waals surface area contributed by atoms with Crippen LogP contribution in [0, 0.1) is 18.3 Å². The fraction of sp³-hybridized carbons (Fsp3) is 0.280. The minimum Gasteiger partial charge on any atom is -0.476 e. The highest BCUT2D eigenvalue weighted by Gasteiger charge is 2.25. The first-order chi connectivity index (χ1) is 17.8. The van der Waals surface area contributed by atoms with Crippen molar-refractivity contribution in [2.75, 3.05) is 41.3 Å². The number of carbonyl (C=O) groups is 1. The fourth-order valence-electron chi connectivity index (χ4n) is 4.46. The van der Waals surface area contributed by atoms with Crippen molar-refractivity contribution < 1.29 is 9.90 Å². The van der Waals surface area contributed by atoms with Crippen molar-refractivity contribution in [2.45, 2.75) is 19.9 Å². The number of hydrogen-bond donors (Lipinski definition) is 2. The molecular formula is C25H23ClN8O2S. The highest BCUT2D eigenvalue weighted by molar-refractivity contribution is 7.13. The van der Waals surface area contributed by atoms with Gasteiger partial charge >= 0.3 is 5.97 Å². The maximum Gasteiger partial charge on any atom is 0.356 e. The molecule has 1 aromatic carbocycles. The number of thiazole rings is 1. The van der Waals surface area contributed by atoms with E-state index in [1.807, 2.05) is 31.4 Å². The van der Waals surface area contributed by atoms with E-state index in [9.17, 15) is 15.2 Å². The zero-order valence-electron chi connectivity index (χ0n) is 20.1. The molecule has 0 saturated carbocycles. The number of nitrogens with zero attached hydrogens (tertiary/aromatic N) is 7. The number of hydrogen-bond acceptors (Lipinski definition) is 10. The number of fused-ring (bicyclic) bond motifs is 1. The van der Waals surface area contributed by atoms with E-state index >= 15 is 0 Å². The van der Waals surface area contributed by atoms with Gasteiger partial charge in [-0.05, 0) is 37.6 Å². The number of benzene rings is 1. The van der Waals surface area contributed by atoms with Crippen LogP contribution in [0.5, 0.6) is 0 Å². The molecule has 0 unspecified atom stereocenters. The number of aromatic carboxylic acids is 1. The molecule has 4 aromatic rings. The van der Waals surface area contributed by atoms with Crippen LogP contribution in [0.3, 0.4) is 0 Å². The molecule has 1 fully saturated rings. The number of aromatic nitrogens is 4. The molecular weight excluding hydrogens is 512 g/mol. The van der Waals surface area contributed by atoms with Gasteiger partial charge in [-0.2, -0.15) is 5.26 Å². The molecule has 5 rings (SSSR count). The van der Waals surface area contributed by atoms with E-state index < -0.39 is 5.97 Å². The molecule has 1 aliphatic rings. The van der Waals surface area contributed by atoms with Gasteiger partial charge < -0.3 is 20.2 Å². The lowest BCUT2D eigenvalue weighted by Gasteiger charge is -2.35. The van der Waals surface area contributed by atoms with Crippen molar-refractivity contribution in [1.82, 2.24) is 19.9 Å². The van der Waals surface area contributed by atoms with Crippen LogP contribution in [0.2, 0.25) is 5.15 Å². The van der Waals surface area contributed by atoms with Crippen molar-refractivity contribution in [3.63, 3.8) is 0 Å². The fourth-order valence-corrected chi connectivity index (χ4v) is 5.30. The zero-order chi connectivity index (χ0) is 26.1. The van der Waals surface area contributed by atoms with Gasteiger partial charge in [0.25, 0.3) is 0 Å². The minimum atomic E-state index is -1.18. The van der Waals surface area contributed by atoms with Crippen LogP contribution in [0.25, 0.3) is 11.0 Å². The summed E-state index contributed by atoms with van der Waals surface area (Å²) in [7, 11) is 0. The predicted molar refractivity (Wildman–Crippen MR) is 144 cm³/mol. The molecule has 12 heteroatoms. The number of piperazine rings is 1. The molecule has 0 spiro atoms. The molecule has 37 heavy (non-hydrogen) atoms. The molecule has 0 aliphatic carbocycles. The van der Waals surface area contributed by atoms with E-state index in [2.05, 4.69) is 36.1 Å². The van der Waals surface area contributed by atoms with Gasteiger partial charge in [0.1, 0.15) is 11.2 Å². The molecule has 10 nitrogen and oxygen atoms in total. The summed E-state index contributed by atoms with van der Waals surface area (Å²) >= 11 is 7.52. The Bertz CT molecular complexity index is 1510. The molecule has 1 saturated heterocycles. The summed E-state index contributed by atoms with van der Waals surface area (Å²) in [6.07, 6.45) is 1.80. The van der Waals surface area contributed by atoms with Crippen molar-refractivity contribution in [3.8, 4) is 6.07 Å². The van der Waals surface area contributed by atoms with E-state index in [1.54, 1.807) is 29.7 Å². The van der Waals surface area contributed by atoms with Gasteiger partial charge in [0.2, 0.25) is 0 Å². The summed E-state index contributed by atoms with van der Waals surface area (Å²) in [6.45, 7) is 6.75. The zero-order valence-corrected chi connectivity index (χ0v) is 21.7. The SMILES string of the molecule is Cc1cc([C@@H](C)Nc2ccc(Cl)nc2C(=O)O)c2nc(N3CCN(c4nccs4)CC3)c(C#N)nc2c1. The van der Waals surface area contributed by atoms with E-state index in [4.69, 9.17) is 16.6 Å². The topological polar surface area (TPSA) is 131 Å². The maximum atomic E-state index is 11.7. The van der Waals surface area contributed by atoms with Gasteiger partial charge in [-0.1, -0.05) is 17.7 Å². The smallest absolute Gasteiger partial charge is 0.356 e. The van der Waals surface area contributed by atoms with E-state index in [0.29, 0.717) is 35.6 Å². The average molecular weight is 535 g/mol. The standard InChI is InChI=1S/C25H23ClN8O2S/c1-14-11-16(15(2)29-17-3-4-20(26)31-22(17)24(35)36)21-18(12-14)30-19(13-27)23(32-21)33-6-8-34(9-7-33)25-28-5-10-37-25/h3-5,10-12,15,29H,6-9H2,1-2H3,(H,35,36)/t15-/m1/s1. The quantitative estimate of drug-likeness (QED) is 0.340. The van der Waals surface area contributed by atoms with Gasteiger partial charge in [0, 0.05) is 43.3 Å². The normalized spacial score (nSPS) is 14.4. The lowest BCUT2D eigenvalue weighted by atomic mass is 10.0. The second-order valence-electron chi connectivity index (χ2n) is 8.72. The first kappa shape index (κ1) is 24.7. The first-order valence-electron chi connectivity index (χ1n) is 11.6. The number of nitrogens with one attached hydrogen (secondary N) is 1. The lowest BCUT2D eigenvalue weighted by Crippen LogP contribution is -2.47. The van der Waals surface area contributed by atoms with Crippen molar-refractivity contribution in [3.05, 3.63) is 63.5 Å². The number of carboxylic acids is 1. The Morgan fingerprint density at radius 2 is 1.95 bits per heavy atom. The third kappa shape index (κ3) is 4.98. The monoisotopic (exact) mass is 534 g/mol. The summed E-state index contributed by atoms with van der Waals surface area (Å²) in [4.78, 5) is 34.0. The molecule has 1 atom stereocenters. The number of aryl methyl sites for hydroxylation is 1. The third-order valence-corrected chi connectivity index (χ3v) is 7.25. The van der Waals surface area contributed by atoms with Crippen LogP contribution in [0.4, 0.5) is 16.6 Å². The van der Waals surface area contributed by atoms with E-state index in [1.165, 1.54) is 0 Å². The molecule has 0 amide bonds. The Kier molecular flexibility index (Phi) is 6.78. The van der Waals surface area contributed by atoms with Crippen molar-refractivity contribution in [1.29, 1.82) is 5.26 Å². The molecule has 2 N–H and O–H groups in total. The number of anilines is 3. The Morgan fingerprint density at radius 1 is 1.19 bits per heavy atom. The van der Waals surface area contributed by atoms with Crippen molar-refractivity contribution in [2.24, 2.45) is 0 Å². The Balaban J connectivity index is 1.50. The van der Waals surface area contributed by atoms with Crippen LogP contribution in [0.1, 0.15) is 40.3 Å². The predicted octanol–water partition coefficient (Wildman–Crippen LogP) is 4.51. The highest BCUT2D eigenvalue weighted by atomic mass is 35.5. The first-order valence-corrected chi connectivity index (χ1v) is 12.9. The van der Waals surface area contributed by atoms with Crippen LogP contribution < -0.4 is 15.1 Å². The number of halogens is 1. The second-order valence-corrected chi connectivity index (χ2v) is 9.98. The second kappa shape index (κ2) is 10.2. The number of carboxylic acid groups (broad SMARTS) is 1. The number of rotatable bonds is 6. The van der Waals surface area contributed by atoms with Crippen LogP contribution >= 0.6 is 22.9 Å². The summed E-state index contributed by atoms with van der Waals surface area (Å²) in [5.41, 5.74) is 3.51. The van der Waals surface area contributed by atoms with E-state index in [0.717, 1.165) is 29.3 Å². The summed E-state index contributed by atoms with van der Waals surface area (Å²) < 4.78 is 0. The van der Waals surface area contributed by atoms with Gasteiger partial charge in [-0.15, -0.1) is 11.3 Å². The largest absolute Gasteiger partial charge is 0.476 e. The average Bonchev–Trinajstić information content (AvgIpc) is 3.43. The van der Waals surface area contributed by atoms with Gasteiger partial charge in [0.15, 0.2) is 22.3 Å². The number of pyridine rings is 1. The Labute approximate surface area is 222 Å². The molecule has 0 bridgehead atoms. The van der Waals surface area contributed by atoms with E-state index in [-0.39, 0.29) is 22.6 Å². The summed E-state index contributed by atoms with van der Waals surface area (Å²) in [5, 5.41) is 25.7. The molecule has 1 aliphatic heterocycles. The minimum absolute atomic E-state index is 0.103. The third-order valence-electron chi connectivity index (χ3n) is 6.20. The highest BCUT2D eigenvalue weighted by Crippen LogP contribution is 2.31. The van der Waals surface area contributed by atoms with Crippen LogP contribution in [0.15, 0.2) is 35.8 Å². The van der Waals surface area contributed by atoms with Crippen LogP contribution in [-0.4, -0.2) is 57.2 Å². The molecule has 188 valence electrons. The molecule has 4 heterocycles. The van der Waals surface area contributed by atoms with Gasteiger partial charge in [0.05, 0.1) is 22.8 Å². The summed E-state index contributed by atoms with van der Waals surface area (Å²) in [5.74, 6) is -0.630. The van der Waals surface area contributed by atoms with Crippen molar-refractivity contribution >= 4 is 56.6 Å². The Morgan fingerprint density at radius 3 is 2.62 bits per heavy atom. The number of nitriles is 1. The Hall–Kier alpha value is -4.01. The summed E-state index contributed by atoms with van der Waals surface area (Å²) in [6, 6.07) is 8.92. The lowest BCUT2D eigenvalue weighted by molar-refractivity contribution is 0.0691. The molecule has 0 radical (unpaired) electrons. The van der Waals surface area contributed by atoms with Crippen LogP contribution in [-0.2, 0) is 0 Å². The van der Waals surface area contributed by atoms with Gasteiger partial charge in [-0.3, -0.25) is 0 Å².